The molecule has 0 spiro atoms. The van der Waals surface area contributed by atoms with Gasteiger partial charge in [-0.3, -0.25) is 0 Å². The van der Waals surface area contributed by atoms with Crippen molar-refractivity contribution < 1.29 is 0 Å². The molecule has 7 rings (SSSR count). The van der Waals surface area contributed by atoms with Gasteiger partial charge < -0.3 is 0 Å². The number of fused-ring (bicyclic) bond motifs is 3. The van der Waals surface area contributed by atoms with E-state index in [1.807, 2.05) is 0 Å². The lowest BCUT2D eigenvalue weighted by Gasteiger charge is -2.19. The maximum atomic E-state index is 5.32. The summed E-state index contributed by atoms with van der Waals surface area (Å²) < 4.78 is 0. The smallest absolute Gasteiger partial charge is 0.159 e. The zero-order valence-electron chi connectivity index (χ0n) is 22.1. The van der Waals surface area contributed by atoms with E-state index in [0.29, 0.717) is 0 Å². The summed E-state index contributed by atoms with van der Waals surface area (Å²) in [6.07, 6.45) is 0. The summed E-state index contributed by atoms with van der Waals surface area (Å²) >= 11 is 0. The van der Waals surface area contributed by atoms with Crippen molar-refractivity contribution >= 4 is 18.6 Å². The van der Waals surface area contributed by atoms with E-state index in [1.165, 1.54) is 38.3 Å². The first-order valence-electron chi connectivity index (χ1n) is 13.4. The van der Waals surface area contributed by atoms with E-state index in [4.69, 9.17) is 9.97 Å². The summed E-state index contributed by atoms with van der Waals surface area (Å²) in [6, 6.07) is 47.3. The minimum Gasteiger partial charge on any atom is -0.237 e. The van der Waals surface area contributed by atoms with Crippen LogP contribution in [0.4, 0.5) is 0 Å². The van der Waals surface area contributed by atoms with Crippen molar-refractivity contribution in [3.05, 3.63) is 133 Å². The van der Waals surface area contributed by atoms with Gasteiger partial charge >= 0.3 is 0 Å². The fourth-order valence-electron chi connectivity index (χ4n) is 5.80. The van der Waals surface area contributed by atoms with Gasteiger partial charge in [0.1, 0.15) is 8.07 Å². The van der Waals surface area contributed by atoms with Crippen molar-refractivity contribution in [1.29, 1.82) is 0 Å². The molecule has 0 atom stereocenters. The van der Waals surface area contributed by atoms with Gasteiger partial charge in [-0.25, -0.2) is 9.97 Å². The Labute approximate surface area is 230 Å². The Balaban J connectivity index is 1.35. The highest BCUT2D eigenvalue weighted by Gasteiger charge is 2.41. The zero-order valence-corrected chi connectivity index (χ0v) is 23.1. The van der Waals surface area contributed by atoms with Crippen LogP contribution >= 0.6 is 0 Å². The molecule has 3 heteroatoms. The van der Waals surface area contributed by atoms with E-state index in [2.05, 4.69) is 147 Å². The molecule has 1 aliphatic heterocycles. The van der Waals surface area contributed by atoms with Gasteiger partial charge in [0.05, 0.1) is 5.69 Å². The van der Waals surface area contributed by atoms with Gasteiger partial charge in [-0.15, -0.1) is 0 Å². The van der Waals surface area contributed by atoms with Crippen LogP contribution in [0.15, 0.2) is 133 Å². The molecule has 0 aliphatic carbocycles. The first kappa shape index (κ1) is 23.5. The highest BCUT2D eigenvalue weighted by atomic mass is 28.3. The molecule has 39 heavy (non-hydrogen) atoms. The first-order valence-corrected chi connectivity index (χ1v) is 16.4. The molecule has 2 heterocycles. The Hall–Kier alpha value is -4.60. The van der Waals surface area contributed by atoms with Crippen molar-refractivity contribution in [1.82, 2.24) is 9.97 Å². The summed E-state index contributed by atoms with van der Waals surface area (Å²) in [7, 11) is -1.98. The van der Waals surface area contributed by atoms with E-state index in [1.54, 1.807) is 0 Å². The highest BCUT2D eigenvalue weighted by molar-refractivity contribution is 7.03. The van der Waals surface area contributed by atoms with E-state index >= 15 is 0 Å². The second kappa shape index (κ2) is 9.30. The van der Waals surface area contributed by atoms with Crippen LogP contribution in [0.1, 0.15) is 0 Å². The predicted octanol–water partition coefficient (Wildman–Crippen LogP) is 7.95. The van der Waals surface area contributed by atoms with Crippen molar-refractivity contribution in [2.24, 2.45) is 0 Å². The van der Waals surface area contributed by atoms with Gasteiger partial charge in [0.25, 0.3) is 0 Å². The lowest BCUT2D eigenvalue weighted by Crippen LogP contribution is -2.50. The third-order valence-corrected chi connectivity index (χ3v) is 11.2. The molecule has 1 aliphatic rings. The minimum atomic E-state index is -1.98. The maximum absolute atomic E-state index is 5.32. The molecule has 0 bridgehead atoms. The Morgan fingerprint density at radius 3 is 1.72 bits per heavy atom. The molecule has 5 aromatic carbocycles. The standard InChI is InChI=1S/C36H28N2Si/c1-39(2)32-19-10-9-18-31(32)33-34(28-14-7-4-8-15-28)37-35(38-36(33)39)30-17-11-16-29(24-30)27-22-20-26(21-23-27)25-12-5-3-6-13-25/h3-24H,1-2H3. The molecular formula is C36H28N2Si. The predicted molar refractivity (Wildman–Crippen MR) is 166 cm³/mol. The average molecular weight is 517 g/mol. The van der Waals surface area contributed by atoms with Gasteiger partial charge in [0, 0.05) is 22.0 Å². The third-order valence-electron chi connectivity index (χ3n) is 7.86. The van der Waals surface area contributed by atoms with Crippen molar-refractivity contribution in [2.45, 2.75) is 13.1 Å². The van der Waals surface area contributed by atoms with Crippen LogP contribution < -0.4 is 10.5 Å². The molecule has 0 saturated carbocycles. The summed E-state index contributed by atoms with van der Waals surface area (Å²) in [5.74, 6) is 0.795. The molecular weight excluding hydrogens is 488 g/mol. The van der Waals surface area contributed by atoms with Gasteiger partial charge in [0.15, 0.2) is 5.82 Å². The molecule has 0 fully saturated rings. The largest absolute Gasteiger partial charge is 0.237 e. The Kier molecular flexibility index (Phi) is 5.61. The van der Waals surface area contributed by atoms with Crippen LogP contribution in [0.25, 0.3) is 56.0 Å². The van der Waals surface area contributed by atoms with E-state index in [0.717, 1.165) is 28.2 Å². The second-order valence-electron chi connectivity index (χ2n) is 10.7. The number of benzene rings is 5. The molecule has 0 amide bonds. The number of hydrogen-bond donors (Lipinski definition) is 0. The van der Waals surface area contributed by atoms with E-state index < -0.39 is 8.07 Å². The topological polar surface area (TPSA) is 25.8 Å². The van der Waals surface area contributed by atoms with Crippen LogP contribution in [0.2, 0.25) is 13.1 Å². The van der Waals surface area contributed by atoms with Crippen LogP contribution in [-0.4, -0.2) is 18.0 Å². The van der Waals surface area contributed by atoms with Crippen molar-refractivity contribution in [2.75, 3.05) is 0 Å². The first-order chi connectivity index (χ1) is 19.1. The zero-order chi connectivity index (χ0) is 26.4. The van der Waals surface area contributed by atoms with Gasteiger partial charge in [-0.1, -0.05) is 140 Å². The maximum Gasteiger partial charge on any atom is 0.159 e. The van der Waals surface area contributed by atoms with Crippen molar-refractivity contribution in [3.63, 3.8) is 0 Å². The molecule has 6 aromatic rings. The van der Waals surface area contributed by atoms with Crippen LogP contribution in [0.3, 0.4) is 0 Å². The fourth-order valence-corrected chi connectivity index (χ4v) is 8.71. The Bertz CT molecular complexity index is 1810. The summed E-state index contributed by atoms with van der Waals surface area (Å²) in [4.78, 5) is 10.6. The van der Waals surface area contributed by atoms with Crippen LogP contribution in [0.5, 0.6) is 0 Å². The summed E-state index contributed by atoms with van der Waals surface area (Å²) in [5, 5.41) is 2.67. The highest BCUT2D eigenvalue weighted by Crippen LogP contribution is 2.36. The number of nitrogens with zero attached hydrogens (tertiary/aromatic N) is 2. The third kappa shape index (κ3) is 4.03. The fraction of sp³-hybridized carbons (Fsp3) is 0.0556. The molecule has 0 N–H and O–H groups in total. The van der Waals surface area contributed by atoms with Gasteiger partial charge in [-0.2, -0.15) is 0 Å². The minimum absolute atomic E-state index is 0.795. The number of rotatable bonds is 4. The van der Waals surface area contributed by atoms with E-state index in [-0.39, 0.29) is 0 Å². The Morgan fingerprint density at radius 2 is 1.00 bits per heavy atom. The molecule has 0 saturated heterocycles. The van der Waals surface area contributed by atoms with E-state index in [9.17, 15) is 0 Å². The molecule has 1 aromatic heterocycles. The molecule has 2 nitrogen and oxygen atoms in total. The van der Waals surface area contributed by atoms with Crippen molar-refractivity contribution in [3.8, 4) is 56.0 Å². The lowest BCUT2D eigenvalue weighted by atomic mass is 9.98. The Morgan fingerprint density at radius 1 is 0.462 bits per heavy atom. The second-order valence-corrected chi connectivity index (χ2v) is 14.9. The SMILES string of the molecule is C[Si]1(C)c2ccccc2-c2c(-c3ccccc3)nc(-c3cccc(-c4ccc(-c5ccccc5)cc4)c3)nc21. The van der Waals surface area contributed by atoms with Gasteiger partial charge in [0.2, 0.25) is 0 Å². The van der Waals surface area contributed by atoms with Gasteiger partial charge in [-0.05, 0) is 39.1 Å². The molecule has 0 radical (unpaired) electrons. The normalized spacial score (nSPS) is 13.1. The summed E-state index contributed by atoms with van der Waals surface area (Å²) in [6.45, 7) is 4.82. The number of hydrogen-bond acceptors (Lipinski definition) is 2. The van der Waals surface area contributed by atoms with Crippen LogP contribution in [0, 0.1) is 0 Å². The molecule has 0 unspecified atom stereocenters. The van der Waals surface area contributed by atoms with Crippen LogP contribution in [-0.2, 0) is 0 Å². The quantitative estimate of drug-likeness (QED) is 0.222. The summed E-state index contributed by atoms with van der Waals surface area (Å²) in [5.41, 5.74) is 10.5. The molecule has 186 valence electrons. The number of aromatic nitrogens is 2. The average Bonchev–Trinajstić information content (AvgIpc) is 3.24. The lowest BCUT2D eigenvalue weighted by molar-refractivity contribution is 1.21. The monoisotopic (exact) mass is 516 g/mol.